The summed E-state index contributed by atoms with van der Waals surface area (Å²) in [4.78, 5) is 14.9. The van der Waals surface area contributed by atoms with Crippen molar-refractivity contribution in [3.63, 3.8) is 0 Å². The van der Waals surface area contributed by atoms with Crippen LogP contribution in [0.5, 0.6) is 0 Å². The number of hydrogen-bond acceptors (Lipinski definition) is 4. The molecule has 0 saturated heterocycles. The highest BCUT2D eigenvalue weighted by molar-refractivity contribution is 5.70. The van der Waals surface area contributed by atoms with Crippen LogP contribution in [-0.4, -0.2) is 21.1 Å². The van der Waals surface area contributed by atoms with E-state index in [-0.39, 0.29) is 0 Å². The summed E-state index contributed by atoms with van der Waals surface area (Å²) in [5.74, 6) is 2.83. The van der Waals surface area contributed by atoms with Gasteiger partial charge < -0.3 is 4.42 Å². The Bertz CT molecular complexity index is 514. The minimum atomic E-state index is 0.342. The fourth-order valence-corrected chi connectivity index (χ4v) is 1.65. The maximum absolute atomic E-state index is 10.5. The molecule has 5 nitrogen and oxygen atoms in total. The molecule has 2 rings (SSSR count). The first kappa shape index (κ1) is 11.6. The SMILES string of the molecule is CCc1nc(CC)n(Cc2ccc(C=O)o2)n1. The van der Waals surface area contributed by atoms with E-state index in [1.165, 1.54) is 0 Å². The first-order valence-corrected chi connectivity index (χ1v) is 5.73. The van der Waals surface area contributed by atoms with Gasteiger partial charge >= 0.3 is 0 Å². The average Bonchev–Trinajstić information content (AvgIpc) is 2.95. The lowest BCUT2D eigenvalue weighted by atomic mass is 10.4. The van der Waals surface area contributed by atoms with Crippen LogP contribution in [0, 0.1) is 0 Å². The standard InChI is InChI=1S/C12H15N3O2/c1-3-11-13-12(4-2)15(14-11)7-9-5-6-10(8-16)17-9/h5-6,8H,3-4,7H2,1-2H3. The van der Waals surface area contributed by atoms with Crippen molar-refractivity contribution >= 4 is 6.29 Å². The van der Waals surface area contributed by atoms with Crippen LogP contribution in [0.1, 0.15) is 41.8 Å². The van der Waals surface area contributed by atoms with Crippen LogP contribution in [-0.2, 0) is 19.4 Å². The number of nitrogens with zero attached hydrogens (tertiary/aromatic N) is 3. The zero-order chi connectivity index (χ0) is 12.3. The molecule has 0 aromatic carbocycles. The van der Waals surface area contributed by atoms with Crippen LogP contribution in [0.25, 0.3) is 0 Å². The van der Waals surface area contributed by atoms with Gasteiger partial charge in [-0.2, -0.15) is 5.10 Å². The fraction of sp³-hybridized carbons (Fsp3) is 0.417. The summed E-state index contributed by atoms with van der Waals surface area (Å²) >= 11 is 0. The molecule has 0 saturated carbocycles. The maximum atomic E-state index is 10.5. The van der Waals surface area contributed by atoms with E-state index in [9.17, 15) is 4.79 Å². The Morgan fingerprint density at radius 3 is 2.76 bits per heavy atom. The molecule has 0 aliphatic carbocycles. The van der Waals surface area contributed by atoms with Crippen LogP contribution in [0.2, 0.25) is 0 Å². The molecule has 0 unspecified atom stereocenters. The fourth-order valence-electron chi connectivity index (χ4n) is 1.65. The lowest BCUT2D eigenvalue weighted by Gasteiger charge is -2.00. The summed E-state index contributed by atoms with van der Waals surface area (Å²) in [5, 5.41) is 4.39. The molecule has 5 heteroatoms. The first-order chi connectivity index (χ1) is 8.26. The Hall–Kier alpha value is -1.91. The molecule has 0 radical (unpaired) electrons. The predicted molar refractivity (Wildman–Crippen MR) is 62.0 cm³/mol. The topological polar surface area (TPSA) is 60.9 Å². The monoisotopic (exact) mass is 233 g/mol. The van der Waals surface area contributed by atoms with E-state index in [1.807, 2.05) is 18.5 Å². The number of aldehydes is 1. The second kappa shape index (κ2) is 4.95. The van der Waals surface area contributed by atoms with Crippen molar-refractivity contribution in [3.8, 4) is 0 Å². The Labute approximate surface area is 99.5 Å². The van der Waals surface area contributed by atoms with Gasteiger partial charge in [0.15, 0.2) is 17.9 Å². The smallest absolute Gasteiger partial charge is 0.185 e. The molecule has 0 bridgehead atoms. The van der Waals surface area contributed by atoms with E-state index in [1.54, 1.807) is 12.1 Å². The van der Waals surface area contributed by atoms with E-state index < -0.39 is 0 Å². The molecular formula is C12H15N3O2. The molecule has 0 aliphatic heterocycles. The highest BCUT2D eigenvalue weighted by Gasteiger charge is 2.09. The minimum absolute atomic E-state index is 0.342. The summed E-state index contributed by atoms with van der Waals surface area (Å²) < 4.78 is 7.15. The van der Waals surface area contributed by atoms with Crippen molar-refractivity contribution < 1.29 is 9.21 Å². The van der Waals surface area contributed by atoms with Gasteiger partial charge in [0.2, 0.25) is 0 Å². The van der Waals surface area contributed by atoms with Gasteiger partial charge in [-0.25, -0.2) is 9.67 Å². The molecule has 0 fully saturated rings. The summed E-state index contributed by atoms with van der Waals surface area (Å²) in [5.41, 5.74) is 0. The van der Waals surface area contributed by atoms with E-state index in [0.717, 1.165) is 24.5 Å². The van der Waals surface area contributed by atoms with Crippen molar-refractivity contribution in [2.75, 3.05) is 0 Å². The van der Waals surface area contributed by atoms with Gasteiger partial charge in [0.25, 0.3) is 0 Å². The van der Waals surface area contributed by atoms with Crippen LogP contribution in [0.3, 0.4) is 0 Å². The van der Waals surface area contributed by atoms with Crippen LogP contribution < -0.4 is 0 Å². The largest absolute Gasteiger partial charge is 0.456 e. The number of rotatable bonds is 5. The second-order valence-electron chi connectivity index (χ2n) is 3.73. The number of aromatic nitrogens is 3. The minimum Gasteiger partial charge on any atom is -0.456 e. The molecule has 0 amide bonds. The van der Waals surface area contributed by atoms with Gasteiger partial charge in [-0.3, -0.25) is 4.79 Å². The van der Waals surface area contributed by atoms with Crippen LogP contribution in [0.4, 0.5) is 0 Å². The van der Waals surface area contributed by atoms with Crippen molar-refractivity contribution in [3.05, 3.63) is 35.3 Å². The zero-order valence-corrected chi connectivity index (χ0v) is 10.0. The molecule has 2 aromatic heterocycles. The number of aryl methyl sites for hydroxylation is 2. The molecule has 0 aliphatic rings. The highest BCUT2D eigenvalue weighted by atomic mass is 16.3. The van der Waals surface area contributed by atoms with Crippen LogP contribution >= 0.6 is 0 Å². The van der Waals surface area contributed by atoms with Crippen molar-refractivity contribution in [1.82, 2.24) is 14.8 Å². The zero-order valence-electron chi connectivity index (χ0n) is 10.0. The lowest BCUT2D eigenvalue weighted by Crippen LogP contribution is -2.05. The molecular weight excluding hydrogens is 218 g/mol. The Morgan fingerprint density at radius 2 is 2.18 bits per heavy atom. The van der Waals surface area contributed by atoms with Crippen molar-refractivity contribution in [1.29, 1.82) is 0 Å². The van der Waals surface area contributed by atoms with E-state index in [2.05, 4.69) is 10.1 Å². The van der Waals surface area contributed by atoms with Gasteiger partial charge in [-0.1, -0.05) is 13.8 Å². The van der Waals surface area contributed by atoms with Gasteiger partial charge in [-0.05, 0) is 12.1 Å². The van der Waals surface area contributed by atoms with E-state index in [0.29, 0.717) is 24.4 Å². The first-order valence-electron chi connectivity index (χ1n) is 5.73. The van der Waals surface area contributed by atoms with Crippen LogP contribution in [0.15, 0.2) is 16.5 Å². The molecule has 0 spiro atoms. The molecule has 0 atom stereocenters. The number of carbonyl (C=O) groups excluding carboxylic acids is 1. The molecule has 17 heavy (non-hydrogen) atoms. The Balaban J connectivity index is 2.22. The normalized spacial score (nSPS) is 10.7. The third-order valence-electron chi connectivity index (χ3n) is 2.53. The molecule has 90 valence electrons. The third kappa shape index (κ3) is 2.43. The number of hydrogen-bond donors (Lipinski definition) is 0. The number of furan rings is 1. The van der Waals surface area contributed by atoms with Crippen molar-refractivity contribution in [2.45, 2.75) is 33.2 Å². The third-order valence-corrected chi connectivity index (χ3v) is 2.53. The van der Waals surface area contributed by atoms with E-state index >= 15 is 0 Å². The van der Waals surface area contributed by atoms with Crippen molar-refractivity contribution in [2.24, 2.45) is 0 Å². The summed E-state index contributed by atoms with van der Waals surface area (Å²) in [6, 6.07) is 3.45. The summed E-state index contributed by atoms with van der Waals surface area (Å²) in [6.07, 6.45) is 2.34. The Morgan fingerprint density at radius 1 is 1.35 bits per heavy atom. The van der Waals surface area contributed by atoms with Gasteiger partial charge in [0.05, 0.1) is 0 Å². The Kier molecular flexibility index (Phi) is 3.37. The quantitative estimate of drug-likeness (QED) is 0.739. The van der Waals surface area contributed by atoms with Gasteiger partial charge in [0.1, 0.15) is 18.1 Å². The second-order valence-corrected chi connectivity index (χ2v) is 3.73. The summed E-state index contributed by atoms with van der Waals surface area (Å²) in [6.45, 7) is 4.58. The average molecular weight is 233 g/mol. The van der Waals surface area contributed by atoms with Gasteiger partial charge in [0, 0.05) is 12.8 Å². The molecule has 0 N–H and O–H groups in total. The maximum Gasteiger partial charge on any atom is 0.185 e. The predicted octanol–water partition coefficient (Wildman–Crippen LogP) is 1.86. The van der Waals surface area contributed by atoms with E-state index in [4.69, 9.17) is 4.42 Å². The summed E-state index contributed by atoms with van der Waals surface area (Å²) in [7, 11) is 0. The van der Waals surface area contributed by atoms with Gasteiger partial charge in [-0.15, -0.1) is 0 Å². The lowest BCUT2D eigenvalue weighted by molar-refractivity contribution is 0.109. The molecule has 2 heterocycles. The number of carbonyl (C=O) groups is 1. The molecule has 2 aromatic rings. The highest BCUT2D eigenvalue weighted by Crippen LogP contribution is 2.09.